The molecule has 0 amide bonds. The lowest BCUT2D eigenvalue weighted by Crippen LogP contribution is -2.10. The molecule has 0 spiro atoms. The van der Waals surface area contributed by atoms with Crippen molar-refractivity contribution in [3.63, 3.8) is 0 Å². The Hall–Kier alpha value is -2.72. The van der Waals surface area contributed by atoms with Crippen molar-refractivity contribution in [2.75, 3.05) is 26.4 Å². The zero-order valence-corrected chi connectivity index (χ0v) is 15.1. The van der Waals surface area contributed by atoms with Crippen LogP contribution in [0.5, 0.6) is 17.2 Å². The van der Waals surface area contributed by atoms with Gasteiger partial charge in [-0.05, 0) is 60.5 Å². The first kappa shape index (κ1) is 18.1. The maximum Gasteiger partial charge on any atom is 0.161 e. The molecule has 0 radical (unpaired) electrons. The molecule has 0 atom stereocenters. The summed E-state index contributed by atoms with van der Waals surface area (Å²) in [7, 11) is 0. The Bertz CT molecular complexity index is 848. The minimum Gasteiger partial charge on any atom is -0.490 e. The molecule has 4 heteroatoms. The minimum absolute atomic E-state index is 0.448. The van der Waals surface area contributed by atoms with Crippen LogP contribution in [0.25, 0.3) is 10.8 Å². The van der Waals surface area contributed by atoms with Crippen molar-refractivity contribution in [2.45, 2.75) is 13.3 Å². The Morgan fingerprint density at radius 2 is 1.58 bits per heavy atom. The molecule has 3 aromatic carbocycles. The van der Waals surface area contributed by atoms with E-state index in [9.17, 15) is 0 Å². The summed E-state index contributed by atoms with van der Waals surface area (Å²) >= 11 is 0. The molecule has 0 bridgehead atoms. The van der Waals surface area contributed by atoms with E-state index < -0.39 is 0 Å². The summed E-state index contributed by atoms with van der Waals surface area (Å²) in [6.07, 6.45) is 0.825. The van der Waals surface area contributed by atoms with Crippen molar-refractivity contribution >= 4 is 10.8 Å². The molecule has 136 valence electrons. The molecular weight excluding hydrogens is 326 g/mol. The van der Waals surface area contributed by atoms with Crippen molar-refractivity contribution in [2.24, 2.45) is 5.73 Å². The van der Waals surface area contributed by atoms with Gasteiger partial charge >= 0.3 is 0 Å². The first-order chi connectivity index (χ1) is 12.8. The van der Waals surface area contributed by atoms with Gasteiger partial charge in [0.05, 0.1) is 6.61 Å². The van der Waals surface area contributed by atoms with Gasteiger partial charge in [0.1, 0.15) is 19.0 Å². The van der Waals surface area contributed by atoms with E-state index in [1.165, 1.54) is 10.8 Å². The third-order valence-electron chi connectivity index (χ3n) is 4.07. The zero-order valence-electron chi connectivity index (χ0n) is 15.1. The lowest BCUT2D eigenvalue weighted by molar-refractivity contribution is 0.208. The highest BCUT2D eigenvalue weighted by atomic mass is 16.5. The molecule has 0 heterocycles. The molecule has 0 saturated carbocycles. The molecule has 0 aliphatic carbocycles. The molecule has 3 aromatic rings. The first-order valence-corrected chi connectivity index (χ1v) is 9.00. The van der Waals surface area contributed by atoms with Crippen molar-refractivity contribution < 1.29 is 14.2 Å². The van der Waals surface area contributed by atoms with Gasteiger partial charge < -0.3 is 19.9 Å². The maximum atomic E-state index is 5.85. The van der Waals surface area contributed by atoms with Crippen molar-refractivity contribution in [1.29, 1.82) is 0 Å². The normalized spacial score (nSPS) is 10.7. The second-order valence-electron chi connectivity index (χ2n) is 5.96. The molecular formula is C22H25NO3. The highest BCUT2D eigenvalue weighted by Gasteiger charge is 2.07. The minimum atomic E-state index is 0.448. The second-order valence-corrected chi connectivity index (χ2v) is 5.96. The number of ether oxygens (including phenoxy) is 3. The van der Waals surface area contributed by atoms with Crippen LogP contribution in [0.4, 0.5) is 0 Å². The lowest BCUT2D eigenvalue weighted by Gasteiger charge is -2.14. The number of nitrogens with two attached hydrogens (primary N) is 1. The highest BCUT2D eigenvalue weighted by molar-refractivity contribution is 5.83. The lowest BCUT2D eigenvalue weighted by atomic mass is 10.1. The zero-order chi connectivity index (χ0) is 18.2. The van der Waals surface area contributed by atoms with Crippen LogP contribution in [-0.2, 0) is 6.42 Å². The predicted molar refractivity (Wildman–Crippen MR) is 105 cm³/mol. The summed E-state index contributed by atoms with van der Waals surface area (Å²) < 4.78 is 17.3. The van der Waals surface area contributed by atoms with Gasteiger partial charge in [0.2, 0.25) is 0 Å². The molecule has 0 aliphatic rings. The van der Waals surface area contributed by atoms with E-state index >= 15 is 0 Å². The van der Waals surface area contributed by atoms with Gasteiger partial charge in [-0.1, -0.05) is 36.4 Å². The summed E-state index contributed by atoms with van der Waals surface area (Å²) in [5, 5.41) is 2.37. The number of fused-ring (bicyclic) bond motifs is 1. The van der Waals surface area contributed by atoms with E-state index in [4.69, 9.17) is 19.9 Å². The van der Waals surface area contributed by atoms with Gasteiger partial charge in [-0.3, -0.25) is 0 Å². The van der Waals surface area contributed by atoms with E-state index in [1.54, 1.807) is 0 Å². The molecule has 0 fully saturated rings. The average Bonchev–Trinajstić information content (AvgIpc) is 2.67. The van der Waals surface area contributed by atoms with Crippen LogP contribution >= 0.6 is 0 Å². The second kappa shape index (κ2) is 9.11. The number of hydrogen-bond acceptors (Lipinski definition) is 4. The summed E-state index contributed by atoms with van der Waals surface area (Å²) in [5.74, 6) is 2.33. The van der Waals surface area contributed by atoms with Gasteiger partial charge in [0.15, 0.2) is 11.5 Å². The van der Waals surface area contributed by atoms with Crippen molar-refractivity contribution in [3.05, 3.63) is 66.2 Å². The molecule has 26 heavy (non-hydrogen) atoms. The van der Waals surface area contributed by atoms with E-state index in [0.29, 0.717) is 26.4 Å². The van der Waals surface area contributed by atoms with Gasteiger partial charge in [-0.25, -0.2) is 0 Å². The molecule has 0 aliphatic heterocycles. The number of rotatable bonds is 9. The molecule has 2 N–H and O–H groups in total. The summed E-state index contributed by atoms with van der Waals surface area (Å²) in [5.41, 5.74) is 6.77. The standard InChI is InChI=1S/C22H25NO3/c1-2-24-22-15-17(11-12-23)7-10-21(22)26-14-13-25-20-9-8-18-5-3-4-6-19(18)16-20/h3-10,15-16H,2,11-14,23H2,1H3. The third-order valence-corrected chi connectivity index (χ3v) is 4.07. The SMILES string of the molecule is CCOc1cc(CCN)ccc1OCCOc1ccc2ccccc2c1. The van der Waals surface area contributed by atoms with Crippen LogP contribution in [0.2, 0.25) is 0 Å². The van der Waals surface area contributed by atoms with E-state index in [-0.39, 0.29) is 0 Å². The first-order valence-electron chi connectivity index (χ1n) is 9.00. The molecule has 3 rings (SSSR count). The van der Waals surface area contributed by atoms with E-state index in [1.807, 2.05) is 49.4 Å². The third kappa shape index (κ3) is 4.67. The van der Waals surface area contributed by atoms with Crippen molar-refractivity contribution in [3.8, 4) is 17.2 Å². The van der Waals surface area contributed by atoms with Crippen LogP contribution in [0.15, 0.2) is 60.7 Å². The largest absolute Gasteiger partial charge is 0.490 e. The van der Waals surface area contributed by atoms with Crippen LogP contribution in [-0.4, -0.2) is 26.4 Å². The van der Waals surface area contributed by atoms with Crippen LogP contribution < -0.4 is 19.9 Å². The molecule has 0 unspecified atom stereocenters. The Labute approximate surface area is 154 Å². The fourth-order valence-corrected chi connectivity index (χ4v) is 2.83. The van der Waals surface area contributed by atoms with Gasteiger partial charge in [0.25, 0.3) is 0 Å². The van der Waals surface area contributed by atoms with E-state index in [2.05, 4.69) is 18.2 Å². The molecule has 4 nitrogen and oxygen atoms in total. The summed E-state index contributed by atoms with van der Waals surface area (Å²) in [6.45, 7) is 4.08. The smallest absolute Gasteiger partial charge is 0.161 e. The van der Waals surface area contributed by atoms with Gasteiger partial charge in [0, 0.05) is 0 Å². The fourth-order valence-electron chi connectivity index (χ4n) is 2.83. The van der Waals surface area contributed by atoms with Crippen LogP contribution in [0.3, 0.4) is 0 Å². The Morgan fingerprint density at radius 1 is 0.769 bits per heavy atom. The predicted octanol–water partition coefficient (Wildman–Crippen LogP) is 4.20. The quantitative estimate of drug-likeness (QED) is 0.587. The Balaban J connectivity index is 1.56. The monoisotopic (exact) mass is 351 g/mol. The van der Waals surface area contributed by atoms with Crippen LogP contribution in [0, 0.1) is 0 Å². The topological polar surface area (TPSA) is 53.7 Å². The van der Waals surface area contributed by atoms with Gasteiger partial charge in [-0.2, -0.15) is 0 Å². The van der Waals surface area contributed by atoms with Crippen molar-refractivity contribution in [1.82, 2.24) is 0 Å². The summed E-state index contributed by atoms with van der Waals surface area (Å²) in [4.78, 5) is 0. The van der Waals surface area contributed by atoms with Crippen LogP contribution in [0.1, 0.15) is 12.5 Å². The number of hydrogen-bond donors (Lipinski definition) is 1. The average molecular weight is 351 g/mol. The molecule has 0 saturated heterocycles. The Kier molecular flexibility index (Phi) is 6.34. The van der Waals surface area contributed by atoms with Gasteiger partial charge in [-0.15, -0.1) is 0 Å². The maximum absolute atomic E-state index is 5.85. The number of benzene rings is 3. The Morgan fingerprint density at radius 3 is 2.38 bits per heavy atom. The summed E-state index contributed by atoms with van der Waals surface area (Å²) in [6, 6.07) is 20.3. The van der Waals surface area contributed by atoms with E-state index in [0.717, 1.165) is 29.2 Å². The highest BCUT2D eigenvalue weighted by Crippen LogP contribution is 2.28. The molecule has 0 aromatic heterocycles. The fraction of sp³-hybridized carbons (Fsp3) is 0.273.